The van der Waals surface area contributed by atoms with Crippen molar-refractivity contribution < 1.29 is 4.42 Å². The van der Waals surface area contributed by atoms with Crippen LogP contribution in [0.15, 0.2) is 89.2 Å². The van der Waals surface area contributed by atoms with Crippen LogP contribution in [-0.4, -0.2) is 17.0 Å². The molecule has 2 aromatic heterocycles. The lowest BCUT2D eigenvalue weighted by Gasteiger charge is -2.11. The summed E-state index contributed by atoms with van der Waals surface area (Å²) in [5, 5.41) is 6.56. The van der Waals surface area contributed by atoms with Crippen molar-refractivity contribution in [3.63, 3.8) is 0 Å². The van der Waals surface area contributed by atoms with Gasteiger partial charge in [0.25, 0.3) is 0 Å². The molecule has 34 heavy (non-hydrogen) atoms. The van der Waals surface area contributed by atoms with Gasteiger partial charge >= 0.3 is 0 Å². The molecule has 0 amide bonds. The number of aryl methyl sites for hydroxylation is 1. The summed E-state index contributed by atoms with van der Waals surface area (Å²) in [6.07, 6.45) is 16.5. The summed E-state index contributed by atoms with van der Waals surface area (Å²) in [7, 11) is 1.88. The van der Waals surface area contributed by atoms with Crippen LogP contribution in [0.25, 0.3) is 22.2 Å². The van der Waals surface area contributed by atoms with Crippen LogP contribution in [0, 0.1) is 6.92 Å². The number of fused-ring (bicyclic) bond motifs is 1. The predicted octanol–water partition coefficient (Wildman–Crippen LogP) is 7.42. The van der Waals surface area contributed by atoms with Gasteiger partial charge in [-0.05, 0) is 43.9 Å². The molecule has 5 nitrogen and oxygen atoms in total. The average molecular weight is 455 g/mol. The number of benzene rings is 1. The summed E-state index contributed by atoms with van der Waals surface area (Å²) >= 11 is 0. The number of hydrogen-bond acceptors (Lipinski definition) is 5. The Morgan fingerprint density at radius 1 is 1.06 bits per heavy atom. The second-order valence-electron chi connectivity index (χ2n) is 7.78. The number of nitrogens with one attached hydrogen (secondary N) is 2. The van der Waals surface area contributed by atoms with Crippen molar-refractivity contribution in [1.29, 1.82) is 0 Å². The minimum Gasteiger partial charge on any atom is -0.452 e. The summed E-state index contributed by atoms with van der Waals surface area (Å²) in [6, 6.07) is 12.3. The summed E-state index contributed by atoms with van der Waals surface area (Å²) in [5.74, 6) is 2.10. The van der Waals surface area contributed by atoms with E-state index in [1.165, 1.54) is 0 Å². The Bertz CT molecular complexity index is 1240. The molecule has 0 aliphatic carbocycles. The smallest absolute Gasteiger partial charge is 0.229 e. The number of rotatable bonds is 10. The maximum atomic E-state index is 6.14. The number of aromatic nitrogens is 2. The topological polar surface area (TPSA) is 63.0 Å². The standard InChI is InChI=1S/C29H34N4O/c1-6-9-11-18-23(14-7-2)26-20-25-28(34-26)21(4)31-29(32-25)33-27(30-5)19-24(15-8-3)22-16-12-10-13-17-22/h7,9-20,30H,6,8H2,1-5H3,(H,31,32,33)/b11-9+,14-7-,23-18+,24-15+,27-19+. The van der Waals surface area contributed by atoms with Gasteiger partial charge in [0.05, 0.1) is 5.69 Å². The van der Waals surface area contributed by atoms with E-state index in [0.717, 1.165) is 52.3 Å². The summed E-state index contributed by atoms with van der Waals surface area (Å²) in [6.45, 7) is 8.18. The molecule has 0 bridgehead atoms. The molecule has 0 atom stereocenters. The molecular formula is C29H34N4O. The Balaban J connectivity index is 1.95. The van der Waals surface area contributed by atoms with Crippen LogP contribution in [0.2, 0.25) is 0 Å². The van der Waals surface area contributed by atoms with E-state index >= 15 is 0 Å². The Hall–Kier alpha value is -3.86. The number of hydrogen-bond donors (Lipinski definition) is 2. The SMILES string of the molecule is C\C=C/C(=C\C=C\CC)c1cc2nc(N/C(=C/C(=C\CC)c3ccccc3)NC)nc(C)c2o1. The Morgan fingerprint density at radius 3 is 2.53 bits per heavy atom. The maximum absolute atomic E-state index is 6.14. The van der Waals surface area contributed by atoms with Gasteiger partial charge in [-0.25, -0.2) is 9.97 Å². The first-order valence-electron chi connectivity index (χ1n) is 11.8. The highest BCUT2D eigenvalue weighted by atomic mass is 16.3. The Labute approximate surface area is 202 Å². The molecule has 2 heterocycles. The van der Waals surface area contributed by atoms with Crippen molar-refractivity contribution in [3.8, 4) is 0 Å². The van der Waals surface area contributed by atoms with E-state index in [-0.39, 0.29) is 0 Å². The normalized spacial score (nSPS) is 13.4. The fourth-order valence-electron chi connectivity index (χ4n) is 3.54. The van der Waals surface area contributed by atoms with Gasteiger partial charge in [0.2, 0.25) is 5.95 Å². The summed E-state index contributed by atoms with van der Waals surface area (Å²) < 4.78 is 6.14. The van der Waals surface area contributed by atoms with Crippen molar-refractivity contribution in [3.05, 3.63) is 102 Å². The lowest BCUT2D eigenvalue weighted by Crippen LogP contribution is -2.16. The quantitative estimate of drug-likeness (QED) is 0.312. The second-order valence-corrected chi connectivity index (χ2v) is 7.78. The second kappa shape index (κ2) is 12.4. The largest absolute Gasteiger partial charge is 0.452 e. The third-order valence-electron chi connectivity index (χ3n) is 5.17. The highest BCUT2D eigenvalue weighted by molar-refractivity contribution is 5.84. The van der Waals surface area contributed by atoms with Gasteiger partial charge in [-0.15, -0.1) is 0 Å². The zero-order valence-electron chi connectivity index (χ0n) is 20.7. The third-order valence-corrected chi connectivity index (χ3v) is 5.17. The number of allylic oxidation sites excluding steroid dienone is 9. The van der Waals surface area contributed by atoms with Gasteiger partial charge in [-0.2, -0.15) is 0 Å². The van der Waals surface area contributed by atoms with Gasteiger partial charge in [0.15, 0.2) is 5.58 Å². The van der Waals surface area contributed by atoms with E-state index in [0.29, 0.717) is 11.5 Å². The minimum absolute atomic E-state index is 0.518. The van der Waals surface area contributed by atoms with Crippen LogP contribution < -0.4 is 10.6 Å². The van der Waals surface area contributed by atoms with Crippen molar-refractivity contribution in [1.82, 2.24) is 15.3 Å². The molecule has 3 rings (SSSR count). The lowest BCUT2D eigenvalue weighted by atomic mass is 10.0. The maximum Gasteiger partial charge on any atom is 0.229 e. The highest BCUT2D eigenvalue weighted by Gasteiger charge is 2.13. The highest BCUT2D eigenvalue weighted by Crippen LogP contribution is 2.27. The van der Waals surface area contributed by atoms with Crippen LogP contribution in [-0.2, 0) is 0 Å². The van der Waals surface area contributed by atoms with E-state index in [4.69, 9.17) is 9.40 Å². The van der Waals surface area contributed by atoms with Crippen LogP contribution in [0.4, 0.5) is 5.95 Å². The van der Waals surface area contributed by atoms with Crippen LogP contribution >= 0.6 is 0 Å². The van der Waals surface area contributed by atoms with Gasteiger partial charge in [0.1, 0.15) is 17.1 Å². The number of furan rings is 1. The molecule has 0 aliphatic rings. The van der Waals surface area contributed by atoms with E-state index in [9.17, 15) is 0 Å². The average Bonchev–Trinajstić information content (AvgIpc) is 3.28. The number of nitrogens with zero attached hydrogens (tertiary/aromatic N) is 2. The van der Waals surface area contributed by atoms with Crippen molar-refractivity contribution >= 4 is 28.2 Å². The lowest BCUT2D eigenvalue weighted by molar-refractivity contribution is 0.596. The molecule has 2 N–H and O–H groups in total. The molecule has 0 radical (unpaired) electrons. The molecule has 3 aromatic rings. The molecular weight excluding hydrogens is 420 g/mol. The van der Waals surface area contributed by atoms with E-state index in [1.807, 2.05) is 63.4 Å². The molecule has 176 valence electrons. The first-order chi connectivity index (χ1) is 16.6. The Kier molecular flexibility index (Phi) is 9.04. The zero-order valence-corrected chi connectivity index (χ0v) is 20.7. The van der Waals surface area contributed by atoms with Crippen LogP contribution in [0.5, 0.6) is 0 Å². The minimum atomic E-state index is 0.518. The first-order valence-corrected chi connectivity index (χ1v) is 11.8. The van der Waals surface area contributed by atoms with Gasteiger partial charge < -0.3 is 15.1 Å². The van der Waals surface area contributed by atoms with E-state index < -0.39 is 0 Å². The molecule has 5 heteroatoms. The van der Waals surface area contributed by atoms with Gasteiger partial charge in [-0.3, -0.25) is 0 Å². The molecule has 0 fully saturated rings. The molecule has 1 aromatic carbocycles. The van der Waals surface area contributed by atoms with Gasteiger partial charge in [0, 0.05) is 18.7 Å². The zero-order chi connectivity index (χ0) is 24.3. The molecule has 0 saturated carbocycles. The molecule has 0 saturated heterocycles. The first kappa shape index (κ1) is 24.8. The fraction of sp³-hybridized carbons (Fsp3) is 0.241. The molecule has 0 unspecified atom stereocenters. The fourth-order valence-corrected chi connectivity index (χ4v) is 3.54. The van der Waals surface area contributed by atoms with Crippen molar-refractivity contribution in [2.45, 2.75) is 40.5 Å². The predicted molar refractivity (Wildman–Crippen MR) is 144 cm³/mol. The van der Waals surface area contributed by atoms with E-state index in [2.05, 4.69) is 65.9 Å². The molecule has 0 spiro atoms. The van der Waals surface area contributed by atoms with E-state index in [1.54, 1.807) is 0 Å². The van der Waals surface area contributed by atoms with Gasteiger partial charge in [-0.1, -0.05) is 80.6 Å². The van der Waals surface area contributed by atoms with Crippen molar-refractivity contribution in [2.24, 2.45) is 0 Å². The van der Waals surface area contributed by atoms with Crippen molar-refractivity contribution in [2.75, 3.05) is 12.4 Å². The van der Waals surface area contributed by atoms with Crippen LogP contribution in [0.3, 0.4) is 0 Å². The van der Waals surface area contributed by atoms with Crippen LogP contribution in [0.1, 0.15) is 50.6 Å². The summed E-state index contributed by atoms with van der Waals surface area (Å²) in [5.41, 5.74) is 5.53. The number of anilines is 1. The monoisotopic (exact) mass is 454 g/mol. The summed E-state index contributed by atoms with van der Waals surface area (Å²) in [4.78, 5) is 9.37. The molecule has 0 aliphatic heterocycles. The Morgan fingerprint density at radius 2 is 1.85 bits per heavy atom. The third kappa shape index (κ3) is 6.35.